The lowest BCUT2D eigenvalue weighted by Gasteiger charge is -2.33. The molecule has 1 aliphatic heterocycles. The van der Waals surface area contributed by atoms with Gasteiger partial charge in [-0.15, -0.1) is 0 Å². The van der Waals surface area contributed by atoms with Crippen molar-refractivity contribution in [2.75, 3.05) is 19.7 Å². The van der Waals surface area contributed by atoms with Crippen LogP contribution in [-0.4, -0.2) is 213 Å². The van der Waals surface area contributed by atoms with E-state index in [0.29, 0.717) is 12.0 Å². The molecular formula is C57H89N17O19. The molecule has 1 aromatic carbocycles. The van der Waals surface area contributed by atoms with Crippen molar-refractivity contribution < 1.29 is 92.0 Å². The molecule has 36 heteroatoms. The summed E-state index contributed by atoms with van der Waals surface area (Å²) in [7, 11) is 0. The van der Waals surface area contributed by atoms with Crippen molar-refractivity contribution in [3.05, 3.63) is 35.9 Å². The number of hydrogen-bond acceptors (Lipinski definition) is 18. The van der Waals surface area contributed by atoms with E-state index in [-0.39, 0.29) is 44.7 Å². The predicted octanol–water partition coefficient (Wildman–Crippen LogP) is -7.31. The van der Waals surface area contributed by atoms with Crippen LogP contribution in [0.4, 0.5) is 0 Å². The van der Waals surface area contributed by atoms with Gasteiger partial charge in [0.2, 0.25) is 82.7 Å². The zero-order chi connectivity index (χ0) is 70.6. The normalized spacial score (nSPS) is 16.2. The van der Waals surface area contributed by atoms with Crippen LogP contribution < -0.4 is 81.4 Å². The van der Waals surface area contributed by atoms with Crippen LogP contribution in [0.15, 0.2) is 35.3 Å². The van der Waals surface area contributed by atoms with E-state index in [9.17, 15) is 86.9 Å². The number of guanidine groups is 1. The highest BCUT2D eigenvalue weighted by Gasteiger charge is 2.42. The van der Waals surface area contributed by atoms with E-state index >= 15 is 0 Å². The molecule has 93 heavy (non-hydrogen) atoms. The van der Waals surface area contributed by atoms with Gasteiger partial charge in [-0.05, 0) is 70.3 Å². The minimum absolute atomic E-state index is 0.0387. The molecular weight excluding hydrogens is 1230 g/mol. The molecule has 1 aliphatic rings. The summed E-state index contributed by atoms with van der Waals surface area (Å²) >= 11 is 0. The van der Waals surface area contributed by atoms with Crippen LogP contribution in [0.25, 0.3) is 0 Å². The van der Waals surface area contributed by atoms with Gasteiger partial charge in [0, 0.05) is 32.9 Å². The number of carbonyl (C=O) groups excluding carboxylic acids is 14. The average Bonchev–Trinajstić information content (AvgIpc) is 1.79. The number of hydrogen-bond donors (Lipinski definition) is 18. The Balaban J connectivity index is 2.31. The Bertz CT molecular complexity index is 2910. The predicted molar refractivity (Wildman–Crippen MR) is 328 cm³/mol. The standard InChI is InChI=1S/C57H89N17O19/c1-26(2)43(72-50(87)33(16-12-20-62-57(60)61)68-53(90)38(25-75)66-31(8)76)55(92)73-44(27(3)4)56(93)74-21-13-17-39(74)54(91)65-30(7)46(83)67-34(18-19-40(58)77)49(86)71-36(22-32-14-10-9-11-15-32)51(88)63-29(6)48(85)70-37(24-42(80)81)52(89)64-28(5)47(84)69-35(45(59)82)23-41(78)79/h9-11,14-15,26-30,33-39,43-44,75H,12-13,16-25H2,1-8H3,(H2,58,77)(H2,59,82)(H,63,88)(H,64,89)(H,65,91)(H,66,76)(H,67,83)(H,68,90)(H,69,84)(H,70,85)(H,71,86)(H,72,87)(H,73,92)(H,78,79)(H,80,81)(H4,60,61,62)/t28-,29+,30+,33-,34-,35-,36-,37-,38-,39-,43-,44-/m0/s1. The van der Waals surface area contributed by atoms with E-state index in [1.165, 1.54) is 11.8 Å². The van der Waals surface area contributed by atoms with Gasteiger partial charge in [0.15, 0.2) is 5.96 Å². The third-order valence-corrected chi connectivity index (χ3v) is 14.3. The maximum Gasteiger partial charge on any atom is 0.305 e. The number of likely N-dealkylation sites (tertiary alicyclic amines) is 1. The summed E-state index contributed by atoms with van der Waals surface area (Å²) in [6.45, 7) is 10.4. The van der Waals surface area contributed by atoms with Gasteiger partial charge in [0.25, 0.3) is 0 Å². The molecule has 0 saturated carbocycles. The van der Waals surface area contributed by atoms with Crippen LogP contribution in [0.5, 0.6) is 0 Å². The number of aliphatic carboxylic acids is 2. The average molecular weight is 1320 g/mol. The van der Waals surface area contributed by atoms with Crippen molar-refractivity contribution in [3.8, 4) is 0 Å². The number of benzene rings is 1. The SMILES string of the molecule is CC(=O)N[C@@H](CO)C(=O)N[C@@H](CCCN=C(N)N)C(=O)N[C@H](C(=O)N[C@H](C(=O)N1CCC[C@H]1C(=O)N[C@H](C)C(=O)N[C@@H](CCC(N)=O)C(=O)N[C@@H](Cc1ccccc1)C(=O)N[C@H](C)C(=O)N[C@@H](CC(=O)O)C(=O)N[C@@H](C)C(=O)N[C@@H](CC(=O)O)C(N)=O)C(C)C)C(C)C. The second-order valence-electron chi connectivity index (χ2n) is 22.8. The molecule has 0 unspecified atom stereocenters. The highest BCUT2D eigenvalue weighted by molar-refractivity contribution is 6.00. The molecule has 0 radical (unpaired) electrons. The van der Waals surface area contributed by atoms with Crippen molar-refractivity contribution >= 4 is 101 Å². The van der Waals surface area contributed by atoms with Gasteiger partial charge >= 0.3 is 11.9 Å². The summed E-state index contributed by atoms with van der Waals surface area (Å²) in [5.41, 5.74) is 21.9. The number of aliphatic hydroxyl groups is 1. The molecule has 22 N–H and O–H groups in total. The first-order valence-corrected chi connectivity index (χ1v) is 29.8. The first kappa shape index (κ1) is 79.1. The molecule has 1 fully saturated rings. The van der Waals surface area contributed by atoms with E-state index in [4.69, 9.17) is 28.0 Å². The molecule has 0 spiro atoms. The van der Waals surface area contributed by atoms with Crippen molar-refractivity contribution in [2.45, 2.75) is 186 Å². The van der Waals surface area contributed by atoms with Gasteiger partial charge in [0.05, 0.1) is 19.4 Å². The van der Waals surface area contributed by atoms with E-state index < -0.39 is 211 Å². The monoisotopic (exact) mass is 1320 g/mol. The molecule has 0 aromatic heterocycles. The Morgan fingerprint density at radius 1 is 0.527 bits per heavy atom. The summed E-state index contributed by atoms with van der Waals surface area (Å²) < 4.78 is 0. The van der Waals surface area contributed by atoms with Crippen molar-refractivity contribution in [1.29, 1.82) is 0 Å². The van der Waals surface area contributed by atoms with Gasteiger partial charge in [-0.1, -0.05) is 58.0 Å². The molecule has 36 nitrogen and oxygen atoms in total. The third kappa shape index (κ3) is 27.5. The van der Waals surface area contributed by atoms with Gasteiger partial charge in [-0.3, -0.25) is 81.7 Å². The minimum Gasteiger partial charge on any atom is -0.481 e. The quantitative estimate of drug-likeness (QED) is 0.0165. The molecule has 2 rings (SSSR count). The number of amides is 14. The highest BCUT2D eigenvalue weighted by atomic mass is 16.4. The van der Waals surface area contributed by atoms with Crippen LogP contribution in [0.2, 0.25) is 0 Å². The van der Waals surface area contributed by atoms with Crippen molar-refractivity contribution in [1.82, 2.24) is 63.4 Å². The van der Waals surface area contributed by atoms with Gasteiger partial charge in [-0.2, -0.15) is 0 Å². The molecule has 1 saturated heterocycles. The van der Waals surface area contributed by atoms with Gasteiger partial charge in [0.1, 0.15) is 72.5 Å². The number of carboxylic acid groups (broad SMARTS) is 2. The number of carboxylic acids is 2. The number of nitrogens with zero attached hydrogens (tertiary/aromatic N) is 2. The number of nitrogens with two attached hydrogens (primary N) is 4. The minimum atomic E-state index is -1.89. The lowest BCUT2D eigenvalue weighted by atomic mass is 9.98. The Hall–Kier alpha value is -10.0. The fraction of sp³-hybridized carbons (Fsp3) is 0.596. The van der Waals surface area contributed by atoms with Crippen LogP contribution >= 0.6 is 0 Å². The molecule has 0 bridgehead atoms. The van der Waals surface area contributed by atoms with Crippen LogP contribution in [0.1, 0.15) is 112 Å². The molecule has 516 valence electrons. The van der Waals surface area contributed by atoms with Crippen LogP contribution in [0, 0.1) is 11.8 Å². The van der Waals surface area contributed by atoms with Crippen molar-refractivity contribution in [2.24, 2.45) is 39.8 Å². The number of aliphatic hydroxyl groups excluding tert-OH is 1. The van der Waals surface area contributed by atoms with E-state index in [1.807, 2.05) is 5.32 Å². The second-order valence-corrected chi connectivity index (χ2v) is 22.8. The summed E-state index contributed by atoms with van der Waals surface area (Å²) in [5.74, 6) is -17.8. The third-order valence-electron chi connectivity index (χ3n) is 14.3. The molecule has 0 aliphatic carbocycles. The maximum atomic E-state index is 14.4. The van der Waals surface area contributed by atoms with Gasteiger partial charge < -0.3 is 102 Å². The van der Waals surface area contributed by atoms with E-state index in [0.717, 1.165) is 20.8 Å². The topological polar surface area (TPSA) is 586 Å². The van der Waals surface area contributed by atoms with Crippen molar-refractivity contribution in [3.63, 3.8) is 0 Å². The zero-order valence-electron chi connectivity index (χ0n) is 53.0. The summed E-state index contributed by atoms with van der Waals surface area (Å²) in [6.07, 6.45) is -2.61. The summed E-state index contributed by atoms with van der Waals surface area (Å²) in [6, 6.07) is -9.76. The summed E-state index contributed by atoms with van der Waals surface area (Å²) in [5, 5.41) is 54.6. The fourth-order valence-corrected chi connectivity index (χ4v) is 9.20. The zero-order valence-corrected chi connectivity index (χ0v) is 53.0. The number of carbonyl (C=O) groups is 16. The smallest absolute Gasteiger partial charge is 0.305 e. The fourth-order valence-electron chi connectivity index (χ4n) is 9.20. The first-order valence-electron chi connectivity index (χ1n) is 29.8. The number of aliphatic imine (C=N–C) groups is 1. The summed E-state index contributed by atoms with van der Waals surface area (Å²) in [4.78, 5) is 214. The number of rotatable bonds is 39. The number of primary amides is 2. The molecule has 1 aromatic rings. The van der Waals surface area contributed by atoms with E-state index in [1.54, 1.807) is 58.0 Å². The lowest BCUT2D eigenvalue weighted by molar-refractivity contribution is -0.143. The Kier molecular flexibility index (Phi) is 32.8. The lowest BCUT2D eigenvalue weighted by Crippen LogP contribution is -2.61. The highest BCUT2D eigenvalue weighted by Crippen LogP contribution is 2.21. The second kappa shape index (κ2) is 38.6. The van der Waals surface area contributed by atoms with Gasteiger partial charge in [-0.25, -0.2) is 0 Å². The molecule has 1 heterocycles. The van der Waals surface area contributed by atoms with Crippen LogP contribution in [0.3, 0.4) is 0 Å². The van der Waals surface area contributed by atoms with E-state index in [2.05, 4.69) is 58.2 Å². The Labute approximate surface area is 535 Å². The van der Waals surface area contributed by atoms with Crippen LogP contribution in [-0.2, 0) is 83.1 Å². The molecule has 14 amide bonds. The number of nitrogens with one attached hydrogen (secondary N) is 11. The maximum absolute atomic E-state index is 14.4. The first-order chi connectivity index (χ1) is 43.5. The Morgan fingerprint density at radius 2 is 0.978 bits per heavy atom. The molecule has 12 atom stereocenters. The largest absolute Gasteiger partial charge is 0.481 e. The Morgan fingerprint density at radius 3 is 1.48 bits per heavy atom.